The molecule has 20 heavy (non-hydrogen) atoms. The number of carbonyl (C=O) groups is 1. The molecule has 4 nitrogen and oxygen atoms in total. The molecule has 1 aromatic rings. The largest absolute Gasteiger partial charge is 0.378 e. The summed E-state index contributed by atoms with van der Waals surface area (Å²) in [6, 6.07) is 2.88. The Morgan fingerprint density at radius 3 is 2.80 bits per heavy atom. The molecule has 0 aromatic heterocycles. The number of nitrogens with zero attached hydrogens (tertiary/aromatic N) is 1. The van der Waals surface area contributed by atoms with Crippen LogP contribution in [0.1, 0.15) is 37.4 Å². The fourth-order valence-corrected chi connectivity index (χ4v) is 3.23. The lowest BCUT2D eigenvalue weighted by molar-refractivity contribution is -0.123. The second-order valence-corrected chi connectivity index (χ2v) is 5.81. The van der Waals surface area contributed by atoms with Crippen molar-refractivity contribution in [3.63, 3.8) is 0 Å². The average Bonchev–Trinajstić information content (AvgIpc) is 3.00. The number of benzene rings is 1. The maximum atomic E-state index is 14.2. The van der Waals surface area contributed by atoms with Crippen LogP contribution in [-0.2, 0) is 4.79 Å². The van der Waals surface area contributed by atoms with Gasteiger partial charge in [-0.1, -0.05) is 12.8 Å². The van der Waals surface area contributed by atoms with Gasteiger partial charge in [-0.05, 0) is 30.9 Å². The van der Waals surface area contributed by atoms with Crippen molar-refractivity contribution < 1.29 is 14.3 Å². The number of nitrogens with one attached hydrogen (secondary N) is 1. The smallest absolute Gasteiger partial charge is 0.257 e. The van der Waals surface area contributed by atoms with E-state index in [1.165, 1.54) is 31.7 Å². The zero-order valence-corrected chi connectivity index (χ0v) is 11.5. The Hall–Kier alpha value is -1.62. The molecule has 2 aliphatic rings. The molecule has 1 unspecified atom stereocenters. The summed E-state index contributed by atoms with van der Waals surface area (Å²) in [5.74, 6) is -0.261. The molecule has 0 spiro atoms. The molecule has 3 rings (SSSR count). The Morgan fingerprint density at radius 1 is 1.40 bits per heavy atom. The van der Waals surface area contributed by atoms with Gasteiger partial charge in [0.15, 0.2) is 6.10 Å². The summed E-state index contributed by atoms with van der Waals surface area (Å²) >= 11 is 0. The lowest BCUT2D eigenvalue weighted by atomic mass is 10.1. The van der Waals surface area contributed by atoms with Crippen molar-refractivity contribution in [2.45, 2.75) is 31.8 Å². The monoisotopic (exact) mass is 278 g/mol. The first-order valence-corrected chi connectivity index (χ1v) is 7.10. The third-order valence-corrected chi connectivity index (χ3v) is 4.34. The van der Waals surface area contributed by atoms with Crippen LogP contribution in [0.25, 0.3) is 0 Å². The van der Waals surface area contributed by atoms with Gasteiger partial charge in [-0.3, -0.25) is 4.79 Å². The number of amides is 1. The molecule has 1 aliphatic carbocycles. The van der Waals surface area contributed by atoms with E-state index in [2.05, 4.69) is 5.32 Å². The molecule has 5 heteroatoms. The highest BCUT2D eigenvalue weighted by atomic mass is 19.1. The van der Waals surface area contributed by atoms with Crippen LogP contribution in [0.5, 0.6) is 0 Å². The Balaban J connectivity index is 1.83. The van der Waals surface area contributed by atoms with Gasteiger partial charge in [0.05, 0.1) is 5.69 Å². The van der Waals surface area contributed by atoms with Gasteiger partial charge < -0.3 is 15.3 Å². The van der Waals surface area contributed by atoms with Gasteiger partial charge in [0.25, 0.3) is 5.91 Å². The summed E-state index contributed by atoms with van der Waals surface area (Å²) in [6.45, 7) is 0.826. The summed E-state index contributed by atoms with van der Waals surface area (Å²) in [5, 5.41) is 12.2. The molecule has 108 valence electrons. The molecule has 0 saturated heterocycles. The van der Waals surface area contributed by atoms with Crippen molar-refractivity contribution in [3.8, 4) is 0 Å². The van der Waals surface area contributed by atoms with Crippen molar-refractivity contribution in [2.24, 2.45) is 5.92 Å². The molecule has 1 fully saturated rings. The van der Waals surface area contributed by atoms with Crippen LogP contribution in [0.3, 0.4) is 0 Å². The maximum absolute atomic E-state index is 14.2. The van der Waals surface area contributed by atoms with E-state index in [1.807, 2.05) is 11.9 Å². The van der Waals surface area contributed by atoms with Crippen LogP contribution in [0, 0.1) is 11.7 Å². The van der Waals surface area contributed by atoms with Crippen LogP contribution >= 0.6 is 0 Å². The molecule has 0 bridgehead atoms. The first kappa shape index (κ1) is 13.4. The highest BCUT2D eigenvalue weighted by Gasteiger charge is 2.30. The molecule has 2 N–H and O–H groups in total. The number of rotatable bonds is 3. The molecular weight excluding hydrogens is 259 g/mol. The fraction of sp³-hybridized carbons (Fsp3) is 0.533. The number of anilines is 2. The number of carbonyl (C=O) groups excluding carboxylic acids is 1. The summed E-state index contributed by atoms with van der Waals surface area (Å²) in [6.07, 6.45) is 3.66. The molecular formula is C15H19FN2O2. The topological polar surface area (TPSA) is 52.6 Å². The highest BCUT2D eigenvalue weighted by molar-refractivity contribution is 6.02. The van der Waals surface area contributed by atoms with Gasteiger partial charge in [-0.25, -0.2) is 4.39 Å². The van der Waals surface area contributed by atoms with Crippen LogP contribution in [-0.4, -0.2) is 24.6 Å². The van der Waals surface area contributed by atoms with Gasteiger partial charge in [0.1, 0.15) is 5.82 Å². The second kappa shape index (κ2) is 5.05. The van der Waals surface area contributed by atoms with E-state index < -0.39 is 12.0 Å². The van der Waals surface area contributed by atoms with Crippen molar-refractivity contribution in [3.05, 3.63) is 23.5 Å². The maximum Gasteiger partial charge on any atom is 0.257 e. The number of aliphatic hydroxyl groups is 1. The Morgan fingerprint density at radius 2 is 2.10 bits per heavy atom. The minimum Gasteiger partial charge on any atom is -0.378 e. The van der Waals surface area contributed by atoms with Crippen LogP contribution in [0.15, 0.2) is 12.1 Å². The van der Waals surface area contributed by atoms with Crippen LogP contribution in [0.2, 0.25) is 0 Å². The SMILES string of the molecule is CN(CC1CCCC1)c1cc2c(cc1F)C(O)C(=O)N2. The zero-order chi connectivity index (χ0) is 14.3. The molecule has 1 aromatic carbocycles. The van der Waals surface area contributed by atoms with Gasteiger partial charge in [-0.15, -0.1) is 0 Å². The predicted octanol–water partition coefficient (Wildman–Crippen LogP) is 2.44. The zero-order valence-electron chi connectivity index (χ0n) is 11.5. The summed E-state index contributed by atoms with van der Waals surface area (Å²) in [5.41, 5.74) is 1.31. The Kier molecular flexibility index (Phi) is 3.38. The van der Waals surface area contributed by atoms with E-state index >= 15 is 0 Å². The van der Waals surface area contributed by atoms with E-state index in [9.17, 15) is 14.3 Å². The normalized spacial score (nSPS) is 21.9. The first-order chi connectivity index (χ1) is 9.56. The average molecular weight is 278 g/mol. The second-order valence-electron chi connectivity index (χ2n) is 5.81. The number of aliphatic hydroxyl groups excluding tert-OH is 1. The minimum absolute atomic E-state index is 0.325. The first-order valence-electron chi connectivity index (χ1n) is 7.10. The number of fused-ring (bicyclic) bond motifs is 1. The van der Waals surface area contributed by atoms with E-state index in [0.29, 0.717) is 22.9 Å². The molecule has 1 heterocycles. The molecule has 1 atom stereocenters. The third-order valence-electron chi connectivity index (χ3n) is 4.34. The predicted molar refractivity (Wildman–Crippen MR) is 75.2 cm³/mol. The fourth-order valence-electron chi connectivity index (χ4n) is 3.23. The Labute approximate surface area is 117 Å². The third kappa shape index (κ3) is 2.26. The summed E-state index contributed by atoms with van der Waals surface area (Å²) < 4.78 is 14.2. The summed E-state index contributed by atoms with van der Waals surface area (Å²) in [7, 11) is 1.87. The van der Waals surface area contributed by atoms with E-state index in [0.717, 1.165) is 6.54 Å². The number of hydrogen-bond acceptors (Lipinski definition) is 3. The van der Waals surface area contributed by atoms with Crippen molar-refractivity contribution in [1.82, 2.24) is 0 Å². The molecule has 1 aliphatic heterocycles. The molecule has 1 saturated carbocycles. The number of halogens is 1. The van der Waals surface area contributed by atoms with Crippen LogP contribution < -0.4 is 10.2 Å². The molecule has 1 amide bonds. The van der Waals surface area contributed by atoms with Crippen molar-refractivity contribution >= 4 is 17.3 Å². The highest BCUT2D eigenvalue weighted by Crippen LogP contribution is 2.36. The lowest BCUT2D eigenvalue weighted by Crippen LogP contribution is -2.25. The van der Waals surface area contributed by atoms with Gasteiger partial charge in [0, 0.05) is 24.8 Å². The minimum atomic E-state index is -1.26. The van der Waals surface area contributed by atoms with E-state index in [-0.39, 0.29) is 5.82 Å². The summed E-state index contributed by atoms with van der Waals surface area (Å²) in [4.78, 5) is 13.3. The van der Waals surface area contributed by atoms with E-state index in [1.54, 1.807) is 6.07 Å². The number of hydrogen-bond donors (Lipinski definition) is 2. The van der Waals surface area contributed by atoms with E-state index in [4.69, 9.17) is 0 Å². The van der Waals surface area contributed by atoms with Crippen molar-refractivity contribution in [2.75, 3.05) is 23.8 Å². The standard InChI is InChI=1S/C15H19FN2O2/c1-18(8-9-4-2-3-5-9)13-7-12-10(6-11(13)16)14(19)15(20)17-12/h6-7,9,14,19H,2-5,8H2,1H3,(H,17,20). The molecule has 0 radical (unpaired) electrons. The van der Waals surface area contributed by atoms with Crippen molar-refractivity contribution in [1.29, 1.82) is 0 Å². The van der Waals surface area contributed by atoms with Gasteiger partial charge in [0.2, 0.25) is 0 Å². The van der Waals surface area contributed by atoms with Gasteiger partial charge >= 0.3 is 0 Å². The quantitative estimate of drug-likeness (QED) is 0.893. The lowest BCUT2D eigenvalue weighted by Gasteiger charge is -2.24. The van der Waals surface area contributed by atoms with Crippen LogP contribution in [0.4, 0.5) is 15.8 Å². The Bertz CT molecular complexity index is 541. The van der Waals surface area contributed by atoms with Gasteiger partial charge in [-0.2, -0.15) is 0 Å².